The van der Waals surface area contributed by atoms with Crippen LogP contribution in [-0.4, -0.2) is 143 Å². The van der Waals surface area contributed by atoms with Gasteiger partial charge in [0, 0.05) is 84.2 Å². The molecule has 0 spiro atoms. The normalized spacial score (nSPS) is 19.5. The molecule has 15 nitrogen and oxygen atoms in total. The Hall–Kier alpha value is -2.75. The smallest absolute Gasteiger partial charge is 0.243 e. The largest absolute Gasteiger partial charge is 0.490 e. The minimum absolute atomic E-state index is 0.0433. The Labute approximate surface area is 291 Å². The van der Waals surface area contributed by atoms with Crippen molar-refractivity contribution in [3.05, 3.63) is 36.4 Å². The fourth-order valence-corrected chi connectivity index (χ4v) is 11.7. The molecule has 7 rings (SSSR count). The van der Waals surface area contributed by atoms with Gasteiger partial charge in [-0.25, -0.2) is 25.3 Å². The fraction of sp³-hybridized carbons (Fsp3) is 0.500. The maximum atomic E-state index is 14.4. The number of hydrogen-bond acceptors (Lipinski definition) is 12. The van der Waals surface area contributed by atoms with Crippen molar-refractivity contribution < 1.29 is 48.9 Å². The van der Waals surface area contributed by atoms with Crippen LogP contribution in [0.25, 0.3) is 32.3 Å². The maximum Gasteiger partial charge on any atom is 0.243 e. The molecule has 3 aliphatic rings. The highest BCUT2D eigenvalue weighted by atomic mass is 32.2. The lowest BCUT2D eigenvalue weighted by atomic mass is 9.93. The second-order valence-corrected chi connectivity index (χ2v) is 17.8. The fourth-order valence-electron chi connectivity index (χ4n) is 6.80. The number of nitrogens with zero attached hydrogens (tertiary/aromatic N) is 3. The highest BCUT2D eigenvalue weighted by Crippen LogP contribution is 2.46. The van der Waals surface area contributed by atoms with E-state index in [0.29, 0.717) is 34.7 Å². The molecule has 2 N–H and O–H groups in total. The van der Waals surface area contributed by atoms with E-state index >= 15 is 0 Å². The summed E-state index contributed by atoms with van der Waals surface area (Å²) in [7, 11) is -12.6. The zero-order valence-corrected chi connectivity index (χ0v) is 29.9. The first kappa shape index (κ1) is 35.6. The van der Waals surface area contributed by atoms with Crippen molar-refractivity contribution >= 4 is 62.4 Å². The standard InChI is InChI=1S/C32H40N4O11S3/c33-5-12-43-19-20-47-27-21-28(48(37,38)34-6-13-44-14-7-34)24-3-4-26-30(50(41,42)36-10-17-46-18-11-36)22-29(25-2-1-23(27)31(24)32(25)26)49(39,40)35-8-15-45-16-9-35/h1-4,21-22H,5-20,33H2. The third kappa shape index (κ3) is 6.34. The van der Waals surface area contributed by atoms with Crippen molar-refractivity contribution in [2.24, 2.45) is 5.73 Å². The van der Waals surface area contributed by atoms with Crippen LogP contribution in [0.5, 0.6) is 5.75 Å². The Bertz CT molecular complexity index is 2130. The predicted molar refractivity (Wildman–Crippen MR) is 184 cm³/mol. The molecule has 4 aromatic rings. The molecule has 3 aliphatic heterocycles. The summed E-state index contributed by atoms with van der Waals surface area (Å²) >= 11 is 0. The van der Waals surface area contributed by atoms with E-state index in [1.807, 2.05) is 0 Å². The molecule has 3 saturated heterocycles. The molecule has 50 heavy (non-hydrogen) atoms. The van der Waals surface area contributed by atoms with Gasteiger partial charge in [-0.1, -0.05) is 18.2 Å². The zero-order valence-electron chi connectivity index (χ0n) is 27.4. The number of benzene rings is 4. The van der Waals surface area contributed by atoms with Crippen LogP contribution in [0.15, 0.2) is 51.1 Å². The van der Waals surface area contributed by atoms with Crippen LogP contribution < -0.4 is 10.5 Å². The van der Waals surface area contributed by atoms with Gasteiger partial charge in [-0.2, -0.15) is 12.9 Å². The van der Waals surface area contributed by atoms with Gasteiger partial charge in [0.1, 0.15) is 12.4 Å². The predicted octanol–water partition coefficient (Wildman–Crippen LogP) is 1.00. The topological polar surface area (TPSA) is 184 Å². The Morgan fingerprint density at radius 3 is 1.34 bits per heavy atom. The van der Waals surface area contributed by atoms with E-state index in [9.17, 15) is 25.3 Å². The number of sulfonamides is 3. The van der Waals surface area contributed by atoms with Crippen LogP contribution in [0.2, 0.25) is 0 Å². The third-order valence-electron chi connectivity index (χ3n) is 9.26. The summed E-state index contributed by atoms with van der Waals surface area (Å²) in [6.07, 6.45) is 0. The molecule has 0 amide bonds. The van der Waals surface area contributed by atoms with Crippen molar-refractivity contribution in [1.82, 2.24) is 12.9 Å². The lowest BCUT2D eigenvalue weighted by Gasteiger charge is -2.30. The van der Waals surface area contributed by atoms with E-state index in [1.54, 1.807) is 24.3 Å². The van der Waals surface area contributed by atoms with Crippen LogP contribution in [0.3, 0.4) is 0 Å². The Morgan fingerprint density at radius 2 is 0.920 bits per heavy atom. The van der Waals surface area contributed by atoms with Crippen molar-refractivity contribution in [1.29, 1.82) is 0 Å². The minimum Gasteiger partial charge on any atom is -0.490 e. The van der Waals surface area contributed by atoms with E-state index in [2.05, 4.69) is 0 Å². The quantitative estimate of drug-likeness (QED) is 0.160. The van der Waals surface area contributed by atoms with Crippen LogP contribution in [0.1, 0.15) is 0 Å². The Balaban J connectivity index is 1.54. The molecule has 0 unspecified atom stereocenters. The number of morpholine rings is 3. The molecular weight excluding hydrogens is 713 g/mol. The highest BCUT2D eigenvalue weighted by Gasteiger charge is 2.36. The zero-order chi connectivity index (χ0) is 35.1. The third-order valence-corrected chi connectivity index (χ3v) is 15.1. The van der Waals surface area contributed by atoms with E-state index in [4.69, 9.17) is 29.4 Å². The second kappa shape index (κ2) is 14.3. The minimum atomic E-state index is -4.24. The molecular formula is C32H40N4O11S3. The molecule has 3 fully saturated rings. The second-order valence-electron chi connectivity index (χ2n) is 12.1. The van der Waals surface area contributed by atoms with Gasteiger partial charge >= 0.3 is 0 Å². The first-order valence-electron chi connectivity index (χ1n) is 16.5. The number of hydrogen-bond donors (Lipinski definition) is 1. The number of nitrogens with two attached hydrogens (primary N) is 1. The molecule has 18 heteroatoms. The van der Waals surface area contributed by atoms with Crippen molar-refractivity contribution in [3.8, 4) is 5.75 Å². The number of ether oxygens (including phenoxy) is 5. The van der Waals surface area contributed by atoms with Gasteiger partial charge in [0.15, 0.2) is 0 Å². The van der Waals surface area contributed by atoms with Crippen molar-refractivity contribution in [3.63, 3.8) is 0 Å². The summed E-state index contributed by atoms with van der Waals surface area (Å²) in [5, 5.41) is 2.03. The molecule has 272 valence electrons. The Kier molecular flexibility index (Phi) is 10.2. The summed E-state index contributed by atoms with van der Waals surface area (Å²) in [6, 6.07) is 9.22. The van der Waals surface area contributed by atoms with Crippen LogP contribution >= 0.6 is 0 Å². The van der Waals surface area contributed by atoms with E-state index < -0.39 is 30.1 Å². The van der Waals surface area contributed by atoms with Crippen LogP contribution in [0, 0.1) is 0 Å². The van der Waals surface area contributed by atoms with Crippen LogP contribution in [-0.2, 0) is 49.0 Å². The van der Waals surface area contributed by atoms with Crippen molar-refractivity contribution in [2.75, 3.05) is 105 Å². The van der Waals surface area contributed by atoms with Crippen LogP contribution in [0.4, 0.5) is 0 Å². The lowest BCUT2D eigenvalue weighted by Crippen LogP contribution is -2.41. The molecule has 0 saturated carbocycles. The SMILES string of the molecule is NCCOCCOc1cc(S(=O)(=O)N2CCOCC2)c2ccc3c(S(=O)(=O)N4CCOCC4)cc(S(=O)(=O)N4CCOCC4)c4ccc1c2c43. The first-order valence-corrected chi connectivity index (χ1v) is 20.8. The first-order chi connectivity index (χ1) is 24.1. The van der Waals surface area contributed by atoms with Gasteiger partial charge in [0.25, 0.3) is 0 Å². The average Bonchev–Trinajstić information content (AvgIpc) is 3.14. The summed E-state index contributed by atoms with van der Waals surface area (Å²) in [5.41, 5.74) is 5.55. The van der Waals surface area contributed by atoms with Crippen molar-refractivity contribution in [2.45, 2.75) is 14.7 Å². The summed E-state index contributed by atoms with van der Waals surface area (Å²) < 4.78 is 118. The molecule has 4 aromatic carbocycles. The Morgan fingerprint density at radius 1 is 0.540 bits per heavy atom. The van der Waals surface area contributed by atoms with E-state index in [0.717, 1.165) is 0 Å². The lowest BCUT2D eigenvalue weighted by molar-refractivity contribution is 0.0729. The highest BCUT2D eigenvalue weighted by molar-refractivity contribution is 7.90. The molecule has 0 atom stereocenters. The summed E-state index contributed by atoms with van der Waals surface area (Å²) in [5.74, 6) is 0.231. The van der Waals surface area contributed by atoms with Gasteiger partial charge in [0.2, 0.25) is 30.1 Å². The molecule has 0 aromatic heterocycles. The summed E-state index contributed by atoms with van der Waals surface area (Å²) in [6.45, 7) is 2.86. The van der Waals surface area contributed by atoms with Gasteiger partial charge in [0.05, 0.1) is 67.5 Å². The summed E-state index contributed by atoms with van der Waals surface area (Å²) in [4.78, 5) is -0.419. The average molecular weight is 753 g/mol. The maximum absolute atomic E-state index is 14.4. The van der Waals surface area contributed by atoms with Gasteiger partial charge < -0.3 is 29.4 Å². The van der Waals surface area contributed by atoms with E-state index in [-0.39, 0.29) is 123 Å². The molecule has 0 bridgehead atoms. The van der Waals surface area contributed by atoms with Gasteiger partial charge in [-0.3, -0.25) is 0 Å². The van der Waals surface area contributed by atoms with E-state index in [1.165, 1.54) is 25.0 Å². The molecule has 0 radical (unpaired) electrons. The van der Waals surface area contributed by atoms with Gasteiger partial charge in [-0.15, -0.1) is 0 Å². The molecule has 3 heterocycles. The monoisotopic (exact) mass is 752 g/mol. The molecule has 0 aliphatic carbocycles. The number of rotatable bonds is 12. The van der Waals surface area contributed by atoms with Gasteiger partial charge in [-0.05, 0) is 12.1 Å².